The van der Waals surface area contributed by atoms with Crippen LogP contribution in [0, 0.1) is 11.2 Å². The molecule has 1 aromatic rings. The van der Waals surface area contributed by atoms with Gasteiger partial charge in [-0.3, -0.25) is 14.4 Å². The van der Waals surface area contributed by atoms with Crippen molar-refractivity contribution in [3.63, 3.8) is 0 Å². The van der Waals surface area contributed by atoms with Gasteiger partial charge in [0.05, 0.1) is 5.41 Å². The molecule has 3 rings (SSSR count). The van der Waals surface area contributed by atoms with Crippen molar-refractivity contribution in [1.29, 1.82) is 0 Å². The SMILES string of the molecule is O=C1CC2(CCCC2)C(=O)N1OCc1cccc(F)c1. The van der Waals surface area contributed by atoms with Crippen LogP contribution >= 0.6 is 0 Å². The van der Waals surface area contributed by atoms with Crippen LogP contribution in [0.5, 0.6) is 0 Å². The van der Waals surface area contributed by atoms with Crippen LogP contribution in [0.3, 0.4) is 0 Å². The molecule has 20 heavy (non-hydrogen) atoms. The van der Waals surface area contributed by atoms with E-state index >= 15 is 0 Å². The van der Waals surface area contributed by atoms with Crippen molar-refractivity contribution in [3.8, 4) is 0 Å². The smallest absolute Gasteiger partial charge is 0.260 e. The number of hydrogen-bond donors (Lipinski definition) is 0. The Labute approximate surface area is 116 Å². The van der Waals surface area contributed by atoms with E-state index in [1.165, 1.54) is 12.1 Å². The fraction of sp³-hybridized carbons (Fsp3) is 0.467. The van der Waals surface area contributed by atoms with Gasteiger partial charge >= 0.3 is 0 Å². The van der Waals surface area contributed by atoms with Crippen LogP contribution in [0.4, 0.5) is 4.39 Å². The lowest BCUT2D eigenvalue weighted by Crippen LogP contribution is -2.34. The number of carbonyl (C=O) groups is 2. The lowest BCUT2D eigenvalue weighted by Gasteiger charge is -2.20. The van der Waals surface area contributed by atoms with Gasteiger partial charge in [0.2, 0.25) is 0 Å². The van der Waals surface area contributed by atoms with Crippen LogP contribution in [-0.2, 0) is 21.0 Å². The van der Waals surface area contributed by atoms with E-state index in [1.54, 1.807) is 12.1 Å². The summed E-state index contributed by atoms with van der Waals surface area (Å²) in [4.78, 5) is 29.6. The average molecular weight is 277 g/mol. The van der Waals surface area contributed by atoms with E-state index in [0.29, 0.717) is 5.56 Å². The predicted molar refractivity (Wildman–Crippen MR) is 68.6 cm³/mol. The van der Waals surface area contributed by atoms with Crippen molar-refractivity contribution in [1.82, 2.24) is 5.06 Å². The number of carbonyl (C=O) groups excluding carboxylic acids is 2. The predicted octanol–water partition coefficient (Wildman–Crippen LogP) is 2.58. The number of amides is 2. The summed E-state index contributed by atoms with van der Waals surface area (Å²) < 4.78 is 13.1. The minimum absolute atomic E-state index is 0.0192. The summed E-state index contributed by atoms with van der Waals surface area (Å²) in [5.41, 5.74) is 0.0666. The molecule has 0 bridgehead atoms. The minimum atomic E-state index is -0.529. The van der Waals surface area contributed by atoms with Crippen LogP contribution in [0.2, 0.25) is 0 Å². The molecule has 1 aliphatic carbocycles. The van der Waals surface area contributed by atoms with Crippen molar-refractivity contribution >= 4 is 11.8 Å². The number of benzene rings is 1. The standard InChI is InChI=1S/C15H16FNO3/c16-12-5-3-4-11(8-12)10-20-17-13(18)9-15(14(17)19)6-1-2-7-15/h3-5,8H,1-2,6-7,9-10H2. The Morgan fingerprint density at radius 1 is 1.25 bits per heavy atom. The zero-order valence-corrected chi connectivity index (χ0v) is 11.1. The van der Waals surface area contributed by atoms with E-state index in [9.17, 15) is 14.0 Å². The summed E-state index contributed by atoms with van der Waals surface area (Å²) in [6.45, 7) is 0.0192. The Kier molecular flexibility index (Phi) is 3.30. The highest BCUT2D eigenvalue weighted by Gasteiger charge is 2.53. The van der Waals surface area contributed by atoms with Gasteiger partial charge in [-0.15, -0.1) is 0 Å². The third-order valence-electron chi connectivity index (χ3n) is 4.16. The van der Waals surface area contributed by atoms with Crippen LogP contribution in [0.25, 0.3) is 0 Å². The zero-order chi connectivity index (χ0) is 14.2. The summed E-state index contributed by atoms with van der Waals surface area (Å²) in [5, 5.41) is 0.885. The largest absolute Gasteiger partial charge is 0.272 e. The molecule has 2 aliphatic rings. The molecule has 2 amide bonds. The summed E-state index contributed by atoms with van der Waals surface area (Å²) in [6.07, 6.45) is 3.73. The average Bonchev–Trinajstić information content (AvgIpc) is 2.96. The summed E-state index contributed by atoms with van der Waals surface area (Å²) in [5.74, 6) is -0.873. The number of rotatable bonds is 3. The van der Waals surface area contributed by atoms with Crippen molar-refractivity contribution in [2.24, 2.45) is 5.41 Å². The highest BCUT2D eigenvalue weighted by atomic mass is 19.1. The third-order valence-corrected chi connectivity index (χ3v) is 4.16. The van der Waals surface area contributed by atoms with Crippen molar-refractivity contribution < 1.29 is 18.8 Å². The maximum atomic E-state index is 13.1. The Bertz CT molecular complexity index is 552. The molecule has 0 atom stereocenters. The first-order valence-corrected chi connectivity index (χ1v) is 6.85. The second-order valence-corrected chi connectivity index (χ2v) is 5.56. The van der Waals surface area contributed by atoms with Crippen LogP contribution in [0.15, 0.2) is 24.3 Å². The van der Waals surface area contributed by atoms with Gasteiger partial charge in [-0.1, -0.05) is 25.0 Å². The van der Waals surface area contributed by atoms with Crippen molar-refractivity contribution in [2.45, 2.75) is 38.7 Å². The van der Waals surface area contributed by atoms with E-state index < -0.39 is 5.41 Å². The first-order chi connectivity index (χ1) is 9.61. The molecule has 1 aliphatic heterocycles. The normalized spacial score (nSPS) is 21.1. The Hall–Kier alpha value is -1.75. The lowest BCUT2D eigenvalue weighted by atomic mass is 9.85. The first kappa shape index (κ1) is 13.2. The van der Waals surface area contributed by atoms with Gasteiger partial charge in [-0.25, -0.2) is 4.39 Å². The van der Waals surface area contributed by atoms with Gasteiger partial charge in [0.15, 0.2) is 0 Å². The second kappa shape index (κ2) is 4.98. The minimum Gasteiger partial charge on any atom is -0.272 e. The number of hydrogen-bond acceptors (Lipinski definition) is 3. The molecule has 4 nitrogen and oxygen atoms in total. The van der Waals surface area contributed by atoms with Gasteiger partial charge in [-0.05, 0) is 30.5 Å². The van der Waals surface area contributed by atoms with E-state index in [0.717, 1.165) is 30.7 Å². The molecule has 2 fully saturated rings. The topological polar surface area (TPSA) is 46.6 Å². The van der Waals surface area contributed by atoms with Gasteiger partial charge in [0.1, 0.15) is 12.4 Å². The number of nitrogens with zero attached hydrogens (tertiary/aromatic N) is 1. The molecule has 1 spiro atoms. The molecular weight excluding hydrogens is 261 g/mol. The molecule has 1 saturated carbocycles. The van der Waals surface area contributed by atoms with Crippen LogP contribution in [0.1, 0.15) is 37.7 Å². The summed E-state index contributed by atoms with van der Waals surface area (Å²) >= 11 is 0. The second-order valence-electron chi connectivity index (χ2n) is 5.56. The van der Waals surface area contributed by atoms with E-state index in [2.05, 4.69) is 0 Å². The monoisotopic (exact) mass is 277 g/mol. The molecule has 0 aromatic heterocycles. The molecule has 1 aromatic carbocycles. The fourth-order valence-electron chi connectivity index (χ4n) is 3.10. The van der Waals surface area contributed by atoms with Gasteiger partial charge < -0.3 is 0 Å². The van der Waals surface area contributed by atoms with Crippen molar-refractivity contribution in [3.05, 3.63) is 35.6 Å². The molecule has 0 N–H and O–H groups in total. The van der Waals surface area contributed by atoms with E-state index in [4.69, 9.17) is 4.84 Å². The molecule has 0 radical (unpaired) electrons. The maximum absolute atomic E-state index is 13.1. The zero-order valence-electron chi connectivity index (χ0n) is 11.1. The number of halogens is 1. The Morgan fingerprint density at radius 3 is 2.70 bits per heavy atom. The Morgan fingerprint density at radius 2 is 2.00 bits per heavy atom. The van der Waals surface area contributed by atoms with E-state index in [1.807, 2.05) is 0 Å². The third kappa shape index (κ3) is 2.22. The quantitative estimate of drug-likeness (QED) is 0.798. The highest BCUT2D eigenvalue weighted by molar-refractivity contribution is 6.04. The molecule has 1 saturated heterocycles. The summed E-state index contributed by atoms with van der Waals surface area (Å²) in [6, 6.07) is 5.93. The highest BCUT2D eigenvalue weighted by Crippen LogP contribution is 2.46. The van der Waals surface area contributed by atoms with Gasteiger partial charge in [-0.2, -0.15) is 5.06 Å². The Balaban J connectivity index is 1.68. The number of imide groups is 1. The molecule has 5 heteroatoms. The fourth-order valence-corrected chi connectivity index (χ4v) is 3.10. The van der Waals surface area contributed by atoms with Crippen molar-refractivity contribution in [2.75, 3.05) is 0 Å². The number of hydroxylamine groups is 2. The molecular formula is C15H16FNO3. The maximum Gasteiger partial charge on any atom is 0.260 e. The van der Waals surface area contributed by atoms with Gasteiger partial charge in [0, 0.05) is 6.42 Å². The van der Waals surface area contributed by atoms with Gasteiger partial charge in [0.25, 0.3) is 11.8 Å². The van der Waals surface area contributed by atoms with Crippen LogP contribution in [-0.4, -0.2) is 16.9 Å². The first-order valence-electron chi connectivity index (χ1n) is 6.85. The lowest BCUT2D eigenvalue weighted by molar-refractivity contribution is -0.194. The summed E-state index contributed by atoms with van der Waals surface area (Å²) in [7, 11) is 0. The molecule has 0 unspecified atom stereocenters. The molecule has 1 heterocycles. The molecule has 106 valence electrons. The van der Waals surface area contributed by atoms with Crippen LogP contribution < -0.4 is 0 Å². The van der Waals surface area contributed by atoms with E-state index in [-0.39, 0.29) is 30.7 Å².